The van der Waals surface area contributed by atoms with Crippen LogP contribution in [0.4, 0.5) is 10.5 Å². The minimum absolute atomic E-state index is 0.00344. The SMILES string of the molecule is CCC(C)(C)c1ccc(OCCCCN(Cc2ccc3c(c2)OCCO3)C(=O)Nc2cccc(C#N)c2)c(C(C)(C)CC)c1. The Hall–Kier alpha value is -4.18. The molecule has 0 saturated carbocycles. The van der Waals surface area contributed by atoms with Gasteiger partial charge in [0.15, 0.2) is 11.5 Å². The lowest BCUT2D eigenvalue weighted by molar-refractivity contribution is 0.171. The van der Waals surface area contributed by atoms with Crippen LogP contribution in [0, 0.1) is 11.3 Å². The van der Waals surface area contributed by atoms with Crippen molar-refractivity contribution in [3.05, 3.63) is 82.9 Å². The fourth-order valence-corrected chi connectivity index (χ4v) is 5.12. The minimum atomic E-state index is -0.225. The second-order valence-electron chi connectivity index (χ2n) is 12.8. The van der Waals surface area contributed by atoms with Crippen LogP contribution in [0.1, 0.15) is 89.5 Å². The molecule has 1 aliphatic heterocycles. The van der Waals surface area contributed by atoms with Gasteiger partial charge in [0.1, 0.15) is 19.0 Å². The van der Waals surface area contributed by atoms with Gasteiger partial charge in [-0.1, -0.05) is 65.8 Å². The average molecular weight is 598 g/mol. The number of carbonyl (C=O) groups is 1. The van der Waals surface area contributed by atoms with Gasteiger partial charge < -0.3 is 24.4 Å². The van der Waals surface area contributed by atoms with Crippen molar-refractivity contribution in [1.82, 2.24) is 4.90 Å². The van der Waals surface area contributed by atoms with E-state index in [2.05, 4.69) is 71.1 Å². The number of unbranched alkanes of at least 4 members (excludes halogenated alkanes) is 1. The Morgan fingerprint density at radius 3 is 2.41 bits per heavy atom. The zero-order chi connectivity index (χ0) is 31.7. The predicted molar refractivity (Wildman–Crippen MR) is 176 cm³/mol. The highest BCUT2D eigenvalue weighted by molar-refractivity contribution is 5.89. The maximum Gasteiger partial charge on any atom is 0.322 e. The van der Waals surface area contributed by atoms with Crippen LogP contribution >= 0.6 is 0 Å². The van der Waals surface area contributed by atoms with E-state index in [1.807, 2.05) is 18.2 Å². The Bertz CT molecular complexity index is 1470. The number of hydrogen-bond acceptors (Lipinski definition) is 5. The molecule has 3 aromatic carbocycles. The molecule has 2 amide bonds. The Morgan fingerprint density at radius 1 is 0.932 bits per heavy atom. The number of ether oxygens (including phenoxy) is 3. The quantitative estimate of drug-likeness (QED) is 0.200. The Labute approximate surface area is 263 Å². The van der Waals surface area contributed by atoms with Crippen molar-refractivity contribution < 1.29 is 19.0 Å². The van der Waals surface area contributed by atoms with Crippen LogP contribution in [0.25, 0.3) is 0 Å². The van der Waals surface area contributed by atoms with Crippen molar-refractivity contribution in [2.24, 2.45) is 0 Å². The van der Waals surface area contributed by atoms with E-state index in [-0.39, 0.29) is 16.9 Å². The van der Waals surface area contributed by atoms with Crippen molar-refractivity contribution in [3.8, 4) is 23.3 Å². The van der Waals surface area contributed by atoms with Crippen LogP contribution in [-0.4, -0.2) is 37.3 Å². The van der Waals surface area contributed by atoms with Gasteiger partial charge in [0.25, 0.3) is 0 Å². The summed E-state index contributed by atoms with van der Waals surface area (Å²) in [4.78, 5) is 15.3. The second-order valence-corrected chi connectivity index (χ2v) is 12.8. The number of nitriles is 1. The standard InChI is InChI=1S/C37H47N3O4/c1-7-36(3,4)29-15-17-32(31(24-29)37(5,6)8-2)42-19-10-9-18-40(35(41)39-30-13-11-12-27(22-30)25-38)26-28-14-16-33-34(23-28)44-21-20-43-33/h11-17,22-24H,7-10,18-21,26H2,1-6H3,(H,39,41). The Morgan fingerprint density at radius 2 is 1.68 bits per heavy atom. The molecule has 0 fully saturated rings. The average Bonchev–Trinajstić information content (AvgIpc) is 3.03. The number of rotatable bonds is 13. The monoisotopic (exact) mass is 597 g/mol. The van der Waals surface area contributed by atoms with Crippen molar-refractivity contribution in [1.29, 1.82) is 5.26 Å². The predicted octanol–water partition coefficient (Wildman–Crippen LogP) is 8.60. The van der Waals surface area contributed by atoms with Gasteiger partial charge in [-0.3, -0.25) is 0 Å². The summed E-state index contributed by atoms with van der Waals surface area (Å²) in [5.41, 5.74) is 4.72. The molecular weight excluding hydrogens is 550 g/mol. The molecule has 3 aromatic rings. The first-order valence-corrected chi connectivity index (χ1v) is 15.8. The van der Waals surface area contributed by atoms with E-state index in [1.165, 1.54) is 11.1 Å². The lowest BCUT2D eigenvalue weighted by Crippen LogP contribution is -2.35. The highest BCUT2D eigenvalue weighted by Gasteiger charge is 2.26. The van der Waals surface area contributed by atoms with Crippen LogP contribution in [0.3, 0.4) is 0 Å². The highest BCUT2D eigenvalue weighted by Crippen LogP contribution is 2.38. The topological polar surface area (TPSA) is 83.8 Å². The summed E-state index contributed by atoms with van der Waals surface area (Å²) in [5, 5.41) is 12.2. The molecule has 7 heteroatoms. The van der Waals surface area contributed by atoms with Gasteiger partial charge in [-0.2, -0.15) is 5.26 Å². The van der Waals surface area contributed by atoms with Gasteiger partial charge in [0.05, 0.1) is 18.2 Å². The molecule has 0 spiro atoms. The fraction of sp³-hybridized carbons (Fsp3) is 0.459. The molecule has 0 radical (unpaired) electrons. The lowest BCUT2D eigenvalue weighted by Gasteiger charge is -2.30. The number of fused-ring (bicyclic) bond motifs is 1. The maximum atomic E-state index is 13.5. The Kier molecular flexibility index (Phi) is 10.8. The number of benzene rings is 3. The molecule has 0 atom stereocenters. The zero-order valence-corrected chi connectivity index (χ0v) is 27.2. The molecule has 0 saturated heterocycles. The minimum Gasteiger partial charge on any atom is -0.493 e. The second kappa shape index (κ2) is 14.5. The van der Waals surface area contributed by atoms with Gasteiger partial charge in [0, 0.05) is 24.3 Å². The van der Waals surface area contributed by atoms with Crippen LogP contribution in [0.5, 0.6) is 17.2 Å². The van der Waals surface area contributed by atoms with E-state index in [1.54, 1.807) is 29.2 Å². The first-order valence-electron chi connectivity index (χ1n) is 15.8. The Balaban J connectivity index is 1.43. The zero-order valence-electron chi connectivity index (χ0n) is 27.2. The van der Waals surface area contributed by atoms with E-state index in [0.29, 0.717) is 49.9 Å². The van der Waals surface area contributed by atoms with Gasteiger partial charge >= 0.3 is 6.03 Å². The number of urea groups is 1. The summed E-state index contributed by atoms with van der Waals surface area (Å²) in [5.74, 6) is 2.36. The summed E-state index contributed by atoms with van der Waals surface area (Å²) in [6.45, 7) is 16.1. The third kappa shape index (κ3) is 8.25. The molecule has 1 heterocycles. The molecule has 1 N–H and O–H groups in total. The number of anilines is 1. The number of amides is 2. The fourth-order valence-electron chi connectivity index (χ4n) is 5.12. The summed E-state index contributed by atoms with van der Waals surface area (Å²) in [6.07, 6.45) is 3.65. The third-order valence-corrected chi connectivity index (χ3v) is 8.85. The van der Waals surface area contributed by atoms with E-state index >= 15 is 0 Å². The molecule has 7 nitrogen and oxygen atoms in total. The van der Waals surface area contributed by atoms with Crippen LogP contribution in [0.15, 0.2) is 60.7 Å². The van der Waals surface area contributed by atoms with E-state index in [0.717, 1.165) is 42.7 Å². The highest BCUT2D eigenvalue weighted by atomic mass is 16.6. The third-order valence-electron chi connectivity index (χ3n) is 8.85. The summed E-state index contributed by atoms with van der Waals surface area (Å²) >= 11 is 0. The number of nitrogens with one attached hydrogen (secondary N) is 1. The van der Waals surface area contributed by atoms with E-state index in [4.69, 9.17) is 14.2 Å². The smallest absolute Gasteiger partial charge is 0.322 e. The maximum absolute atomic E-state index is 13.5. The summed E-state index contributed by atoms with van der Waals surface area (Å²) in [7, 11) is 0. The molecule has 1 aliphatic rings. The molecule has 0 aliphatic carbocycles. The lowest BCUT2D eigenvalue weighted by atomic mass is 9.76. The van der Waals surface area contributed by atoms with Crippen molar-refractivity contribution in [2.75, 3.05) is 31.7 Å². The molecule has 0 unspecified atom stereocenters. The van der Waals surface area contributed by atoms with Gasteiger partial charge in [0.2, 0.25) is 0 Å². The van der Waals surface area contributed by atoms with Crippen LogP contribution < -0.4 is 19.5 Å². The normalized spacial score (nSPS) is 12.8. The van der Waals surface area contributed by atoms with Gasteiger partial charge in [-0.25, -0.2) is 4.79 Å². The van der Waals surface area contributed by atoms with Crippen molar-refractivity contribution >= 4 is 11.7 Å². The van der Waals surface area contributed by atoms with Crippen molar-refractivity contribution in [3.63, 3.8) is 0 Å². The van der Waals surface area contributed by atoms with E-state index < -0.39 is 0 Å². The van der Waals surface area contributed by atoms with E-state index in [9.17, 15) is 10.1 Å². The van der Waals surface area contributed by atoms with Crippen LogP contribution in [-0.2, 0) is 17.4 Å². The van der Waals surface area contributed by atoms with Gasteiger partial charge in [-0.15, -0.1) is 0 Å². The molecule has 4 rings (SSSR count). The number of carbonyl (C=O) groups excluding carboxylic acids is 1. The molecule has 0 aromatic heterocycles. The largest absolute Gasteiger partial charge is 0.493 e. The first-order chi connectivity index (χ1) is 21.1. The molecule has 234 valence electrons. The van der Waals surface area contributed by atoms with Gasteiger partial charge in [-0.05, 0) is 84.0 Å². The molecule has 44 heavy (non-hydrogen) atoms. The summed E-state index contributed by atoms with van der Waals surface area (Å²) in [6, 6.07) is 21.3. The summed E-state index contributed by atoms with van der Waals surface area (Å²) < 4.78 is 17.8. The first kappa shape index (κ1) is 32.7. The molecule has 0 bridgehead atoms. The van der Waals surface area contributed by atoms with Crippen LogP contribution in [0.2, 0.25) is 0 Å². The number of hydrogen-bond donors (Lipinski definition) is 1. The number of nitrogens with zero attached hydrogens (tertiary/aromatic N) is 2. The molecular formula is C37H47N3O4. The van der Waals surface area contributed by atoms with Crippen molar-refractivity contribution in [2.45, 2.75) is 84.6 Å².